The number of nitrogens with one attached hydrogen (secondary N) is 4. The molecule has 4 N–H and O–H groups in total. The molecule has 3 amide bonds. The van der Waals surface area contributed by atoms with Crippen LogP contribution in [-0.4, -0.2) is 44.2 Å². The summed E-state index contributed by atoms with van der Waals surface area (Å²) in [7, 11) is -3.58. The maximum Gasteiger partial charge on any atom is 0.319 e. The van der Waals surface area contributed by atoms with E-state index in [1.165, 1.54) is 24.3 Å². The SMILES string of the molecule is CS(=O)(=O)CC(=O)NC(=N)[C@H](Cc1ccc(Cl)cc1)NC(=O)Nc1ccc(F)cc1. The van der Waals surface area contributed by atoms with Gasteiger partial charge < -0.3 is 16.0 Å². The van der Waals surface area contributed by atoms with Crippen LogP contribution in [0.15, 0.2) is 48.5 Å². The number of amides is 3. The lowest BCUT2D eigenvalue weighted by molar-refractivity contribution is -0.117. The summed E-state index contributed by atoms with van der Waals surface area (Å²) in [6.45, 7) is 0. The Balaban J connectivity index is 2.11. The van der Waals surface area contributed by atoms with Gasteiger partial charge in [-0.25, -0.2) is 17.6 Å². The number of hydrogen-bond donors (Lipinski definition) is 4. The number of anilines is 1. The standard InChI is InChI=1S/C19H20ClFN4O4S/c1-30(28,29)11-17(26)25-18(22)16(10-12-2-4-13(20)5-3-12)24-19(27)23-15-8-6-14(21)7-9-15/h2-9,16H,10-11H2,1H3,(H2,22,25,26)(H2,23,24,27)/t16-/m0/s1. The molecular weight excluding hydrogens is 435 g/mol. The van der Waals surface area contributed by atoms with Crippen LogP contribution in [0.2, 0.25) is 5.02 Å². The van der Waals surface area contributed by atoms with E-state index in [1.54, 1.807) is 24.3 Å². The fraction of sp³-hybridized carbons (Fsp3) is 0.211. The molecule has 0 bridgehead atoms. The van der Waals surface area contributed by atoms with Crippen molar-refractivity contribution in [3.63, 3.8) is 0 Å². The molecule has 2 aromatic rings. The minimum absolute atomic E-state index is 0.131. The van der Waals surface area contributed by atoms with E-state index in [4.69, 9.17) is 17.0 Å². The maximum absolute atomic E-state index is 13.0. The fourth-order valence-electron chi connectivity index (χ4n) is 2.45. The molecule has 160 valence electrons. The lowest BCUT2D eigenvalue weighted by Gasteiger charge is -2.21. The van der Waals surface area contributed by atoms with Crippen molar-refractivity contribution in [1.82, 2.24) is 10.6 Å². The molecule has 0 radical (unpaired) electrons. The highest BCUT2D eigenvalue weighted by atomic mass is 35.5. The molecule has 0 unspecified atom stereocenters. The van der Waals surface area contributed by atoms with Crippen molar-refractivity contribution in [2.24, 2.45) is 0 Å². The maximum atomic E-state index is 13.0. The number of halogens is 2. The fourth-order valence-corrected chi connectivity index (χ4v) is 3.13. The second-order valence-corrected chi connectivity index (χ2v) is 9.10. The summed E-state index contributed by atoms with van der Waals surface area (Å²) in [5.74, 6) is -2.51. The van der Waals surface area contributed by atoms with Gasteiger partial charge in [0.2, 0.25) is 5.91 Å². The number of carbonyl (C=O) groups excluding carboxylic acids is 2. The van der Waals surface area contributed by atoms with E-state index in [1.807, 2.05) is 0 Å². The summed E-state index contributed by atoms with van der Waals surface area (Å²) >= 11 is 5.86. The highest BCUT2D eigenvalue weighted by Gasteiger charge is 2.21. The van der Waals surface area contributed by atoms with E-state index in [9.17, 15) is 22.4 Å². The molecule has 0 aliphatic heterocycles. The van der Waals surface area contributed by atoms with Gasteiger partial charge in [0.15, 0.2) is 9.84 Å². The number of benzene rings is 2. The Morgan fingerprint density at radius 2 is 1.70 bits per heavy atom. The van der Waals surface area contributed by atoms with Gasteiger partial charge in [0, 0.05) is 17.0 Å². The van der Waals surface area contributed by atoms with Crippen molar-refractivity contribution in [3.05, 3.63) is 64.9 Å². The molecule has 0 aliphatic rings. The van der Waals surface area contributed by atoms with Crippen LogP contribution in [0, 0.1) is 11.2 Å². The van der Waals surface area contributed by atoms with Crippen LogP contribution in [0.3, 0.4) is 0 Å². The first-order chi connectivity index (χ1) is 14.0. The molecule has 0 saturated heterocycles. The predicted molar refractivity (Wildman–Crippen MR) is 113 cm³/mol. The Morgan fingerprint density at radius 1 is 1.10 bits per heavy atom. The molecule has 0 fully saturated rings. The van der Waals surface area contributed by atoms with Crippen molar-refractivity contribution in [1.29, 1.82) is 5.41 Å². The van der Waals surface area contributed by atoms with Gasteiger partial charge in [0.25, 0.3) is 0 Å². The van der Waals surface area contributed by atoms with Crippen molar-refractivity contribution < 1.29 is 22.4 Å². The summed E-state index contributed by atoms with van der Waals surface area (Å²) in [5, 5.41) is 15.9. The van der Waals surface area contributed by atoms with Crippen LogP contribution in [-0.2, 0) is 21.1 Å². The number of carbonyl (C=O) groups is 2. The Kier molecular flexibility index (Phi) is 7.90. The molecule has 2 aromatic carbocycles. The summed E-state index contributed by atoms with van der Waals surface area (Å²) in [4.78, 5) is 24.2. The van der Waals surface area contributed by atoms with E-state index in [-0.39, 0.29) is 12.3 Å². The van der Waals surface area contributed by atoms with E-state index in [2.05, 4.69) is 16.0 Å². The van der Waals surface area contributed by atoms with Crippen LogP contribution < -0.4 is 16.0 Å². The number of urea groups is 1. The first-order valence-corrected chi connectivity index (χ1v) is 11.1. The molecule has 8 nitrogen and oxygen atoms in total. The molecule has 0 spiro atoms. The lowest BCUT2D eigenvalue weighted by atomic mass is 10.0. The quantitative estimate of drug-likeness (QED) is 0.378. The van der Waals surface area contributed by atoms with Crippen LogP contribution in [0.4, 0.5) is 14.9 Å². The summed E-state index contributed by atoms with van der Waals surface area (Å²) in [5.41, 5.74) is 1.04. The van der Waals surface area contributed by atoms with Gasteiger partial charge in [0.05, 0.1) is 6.04 Å². The largest absolute Gasteiger partial charge is 0.328 e. The molecule has 0 heterocycles. The van der Waals surface area contributed by atoms with Gasteiger partial charge in [-0.3, -0.25) is 10.2 Å². The van der Waals surface area contributed by atoms with Gasteiger partial charge in [-0.05, 0) is 48.4 Å². The number of hydrogen-bond acceptors (Lipinski definition) is 5. The number of amidine groups is 1. The van der Waals surface area contributed by atoms with Crippen LogP contribution >= 0.6 is 11.6 Å². The first-order valence-electron chi connectivity index (χ1n) is 8.65. The van der Waals surface area contributed by atoms with Crippen molar-refractivity contribution >= 4 is 44.9 Å². The van der Waals surface area contributed by atoms with E-state index < -0.39 is 39.4 Å². The monoisotopic (exact) mass is 454 g/mol. The first kappa shape index (κ1) is 23.3. The minimum Gasteiger partial charge on any atom is -0.328 e. The Bertz CT molecular complexity index is 1030. The highest BCUT2D eigenvalue weighted by molar-refractivity contribution is 7.91. The normalized spacial score (nSPS) is 12.0. The van der Waals surface area contributed by atoms with Gasteiger partial charge >= 0.3 is 6.03 Å². The predicted octanol–water partition coefficient (Wildman–Crippen LogP) is 2.35. The number of sulfone groups is 1. The second-order valence-electron chi connectivity index (χ2n) is 6.52. The van der Waals surface area contributed by atoms with E-state index in [0.717, 1.165) is 6.26 Å². The highest BCUT2D eigenvalue weighted by Crippen LogP contribution is 2.12. The second kappa shape index (κ2) is 10.2. The summed E-state index contributed by atoms with van der Waals surface area (Å²) in [6.07, 6.45) is 1.03. The smallest absolute Gasteiger partial charge is 0.319 e. The van der Waals surface area contributed by atoms with Crippen LogP contribution in [0.25, 0.3) is 0 Å². The zero-order chi connectivity index (χ0) is 22.3. The third-order valence-electron chi connectivity index (χ3n) is 3.78. The van der Waals surface area contributed by atoms with Crippen LogP contribution in [0.5, 0.6) is 0 Å². The molecular formula is C19H20ClFN4O4S. The van der Waals surface area contributed by atoms with Crippen molar-refractivity contribution in [2.75, 3.05) is 17.3 Å². The summed E-state index contributed by atoms with van der Waals surface area (Å²) < 4.78 is 35.5. The number of rotatable bonds is 7. The van der Waals surface area contributed by atoms with E-state index in [0.29, 0.717) is 16.3 Å². The summed E-state index contributed by atoms with van der Waals surface area (Å²) in [6, 6.07) is 10.1. The van der Waals surface area contributed by atoms with Gasteiger partial charge in [-0.1, -0.05) is 23.7 Å². The topological polar surface area (TPSA) is 128 Å². The average molecular weight is 455 g/mol. The molecule has 2 rings (SSSR count). The third kappa shape index (κ3) is 8.18. The molecule has 1 atom stereocenters. The van der Waals surface area contributed by atoms with Crippen molar-refractivity contribution in [2.45, 2.75) is 12.5 Å². The third-order valence-corrected chi connectivity index (χ3v) is 4.81. The Hall–Kier alpha value is -2.98. The molecule has 0 aromatic heterocycles. The average Bonchev–Trinajstić information content (AvgIpc) is 2.63. The minimum atomic E-state index is -3.58. The van der Waals surface area contributed by atoms with Gasteiger partial charge in [-0.15, -0.1) is 0 Å². The van der Waals surface area contributed by atoms with Gasteiger partial charge in [0.1, 0.15) is 17.4 Å². The van der Waals surface area contributed by atoms with Crippen LogP contribution in [0.1, 0.15) is 5.56 Å². The molecule has 0 aliphatic carbocycles. The molecule has 0 saturated carbocycles. The molecule has 30 heavy (non-hydrogen) atoms. The lowest BCUT2D eigenvalue weighted by Crippen LogP contribution is -2.51. The van der Waals surface area contributed by atoms with E-state index >= 15 is 0 Å². The van der Waals surface area contributed by atoms with Crippen molar-refractivity contribution in [3.8, 4) is 0 Å². The zero-order valence-corrected chi connectivity index (χ0v) is 17.5. The Labute approximate surface area is 178 Å². The Morgan fingerprint density at radius 3 is 2.27 bits per heavy atom. The molecule has 11 heteroatoms. The van der Waals surface area contributed by atoms with Gasteiger partial charge in [-0.2, -0.15) is 0 Å². The zero-order valence-electron chi connectivity index (χ0n) is 15.9.